The predicted octanol–water partition coefficient (Wildman–Crippen LogP) is 3.87. The number of carbonyl (C=O) groups excluding carboxylic acids is 1. The van der Waals surface area contributed by atoms with Crippen molar-refractivity contribution in [3.8, 4) is 0 Å². The maximum Gasteiger partial charge on any atom is 0.262 e. The smallest absolute Gasteiger partial charge is 0.262 e. The summed E-state index contributed by atoms with van der Waals surface area (Å²) in [7, 11) is 0. The van der Waals surface area contributed by atoms with E-state index in [2.05, 4.69) is 28.9 Å². The van der Waals surface area contributed by atoms with Gasteiger partial charge in [0.25, 0.3) is 5.56 Å². The molecule has 3 rings (SSSR count). The molecule has 0 spiro atoms. The number of hydrogen-bond acceptors (Lipinski definition) is 5. The summed E-state index contributed by atoms with van der Waals surface area (Å²) >= 11 is 1.25. The van der Waals surface area contributed by atoms with Gasteiger partial charge in [0.2, 0.25) is 5.91 Å². The molecule has 0 aliphatic carbocycles. The summed E-state index contributed by atoms with van der Waals surface area (Å²) in [4.78, 5) is 30.3. The molecule has 2 heterocycles. The molecule has 0 aliphatic heterocycles. The zero-order chi connectivity index (χ0) is 21.0. The summed E-state index contributed by atoms with van der Waals surface area (Å²) in [6.45, 7) is 9.97. The Hall–Kier alpha value is -2.87. The number of para-hydroxylation sites is 1. The molecule has 152 valence electrons. The number of nitrogens with zero attached hydrogens (tertiary/aromatic N) is 4. The van der Waals surface area contributed by atoms with Crippen molar-refractivity contribution < 1.29 is 4.79 Å². The van der Waals surface area contributed by atoms with Crippen LogP contribution in [0.2, 0.25) is 0 Å². The molecule has 29 heavy (non-hydrogen) atoms. The SMILES string of the molecule is C=CCn1c(S[C@H](C)C(=O)Nc2ccnn2[C@@H](C)CC)nc2ccccc2c1=O. The summed E-state index contributed by atoms with van der Waals surface area (Å²) in [5.74, 6) is 0.486. The first-order valence-electron chi connectivity index (χ1n) is 9.57. The van der Waals surface area contributed by atoms with E-state index < -0.39 is 5.25 Å². The molecule has 2 aromatic heterocycles. The van der Waals surface area contributed by atoms with E-state index in [1.54, 1.807) is 46.6 Å². The molecule has 7 nitrogen and oxygen atoms in total. The zero-order valence-corrected chi connectivity index (χ0v) is 17.6. The van der Waals surface area contributed by atoms with Gasteiger partial charge in [-0.05, 0) is 32.4 Å². The van der Waals surface area contributed by atoms with E-state index in [0.29, 0.717) is 28.4 Å². The van der Waals surface area contributed by atoms with Crippen molar-refractivity contribution in [3.05, 3.63) is 59.5 Å². The van der Waals surface area contributed by atoms with Crippen LogP contribution in [0.3, 0.4) is 0 Å². The lowest BCUT2D eigenvalue weighted by atomic mass is 10.2. The molecule has 0 aliphatic rings. The summed E-state index contributed by atoms with van der Waals surface area (Å²) in [6, 6.07) is 9.17. The Kier molecular flexibility index (Phi) is 6.53. The van der Waals surface area contributed by atoms with Crippen LogP contribution in [0.4, 0.5) is 5.82 Å². The Morgan fingerprint density at radius 3 is 2.79 bits per heavy atom. The van der Waals surface area contributed by atoms with Gasteiger partial charge in [-0.3, -0.25) is 14.2 Å². The fraction of sp³-hybridized carbons (Fsp3) is 0.333. The van der Waals surface area contributed by atoms with Crippen LogP contribution in [0.1, 0.15) is 33.2 Å². The number of amides is 1. The van der Waals surface area contributed by atoms with E-state index in [4.69, 9.17) is 0 Å². The number of carbonyl (C=O) groups is 1. The Morgan fingerprint density at radius 1 is 1.31 bits per heavy atom. The summed E-state index contributed by atoms with van der Waals surface area (Å²) in [5.41, 5.74) is 0.475. The van der Waals surface area contributed by atoms with E-state index in [9.17, 15) is 9.59 Å². The van der Waals surface area contributed by atoms with E-state index >= 15 is 0 Å². The zero-order valence-electron chi connectivity index (χ0n) is 16.8. The molecule has 1 N–H and O–H groups in total. The Labute approximate surface area is 173 Å². The molecule has 0 saturated carbocycles. The molecule has 1 aromatic carbocycles. The standard InChI is InChI=1S/C21H25N5O2S/c1-5-13-25-20(28)16-9-7-8-10-17(16)23-21(25)29-15(4)19(27)24-18-11-12-22-26(18)14(3)6-2/h5,7-12,14-15H,1,6,13H2,2-4H3,(H,24,27)/t14-,15+/m0/s1. The number of hydrogen-bond donors (Lipinski definition) is 1. The fourth-order valence-electron chi connectivity index (χ4n) is 2.90. The number of nitrogens with one attached hydrogen (secondary N) is 1. The highest BCUT2D eigenvalue weighted by Gasteiger charge is 2.21. The predicted molar refractivity (Wildman–Crippen MR) is 117 cm³/mol. The van der Waals surface area contributed by atoms with Gasteiger partial charge in [-0.25, -0.2) is 9.67 Å². The van der Waals surface area contributed by atoms with E-state index in [0.717, 1.165) is 6.42 Å². The Balaban J connectivity index is 1.85. The van der Waals surface area contributed by atoms with Gasteiger partial charge < -0.3 is 5.32 Å². The van der Waals surface area contributed by atoms with Crippen LogP contribution in [0.25, 0.3) is 10.9 Å². The summed E-state index contributed by atoms with van der Waals surface area (Å²) < 4.78 is 3.35. The summed E-state index contributed by atoms with van der Waals surface area (Å²) in [5, 5.41) is 7.81. The lowest BCUT2D eigenvalue weighted by Gasteiger charge is -2.17. The molecule has 0 unspecified atom stereocenters. The maximum atomic E-state index is 12.8. The third-order valence-corrected chi connectivity index (χ3v) is 5.81. The summed E-state index contributed by atoms with van der Waals surface area (Å²) in [6.07, 6.45) is 4.23. The first-order chi connectivity index (χ1) is 14.0. The average molecular weight is 412 g/mol. The topological polar surface area (TPSA) is 81.8 Å². The first-order valence-corrected chi connectivity index (χ1v) is 10.5. The average Bonchev–Trinajstić information content (AvgIpc) is 3.18. The van der Waals surface area contributed by atoms with Crippen LogP contribution in [-0.2, 0) is 11.3 Å². The molecule has 0 fully saturated rings. The van der Waals surface area contributed by atoms with Crippen molar-refractivity contribution >= 4 is 34.4 Å². The number of benzene rings is 1. The highest BCUT2D eigenvalue weighted by atomic mass is 32.2. The third-order valence-electron chi connectivity index (χ3n) is 4.72. The number of allylic oxidation sites excluding steroid dienone is 1. The van der Waals surface area contributed by atoms with Gasteiger partial charge >= 0.3 is 0 Å². The van der Waals surface area contributed by atoms with Gasteiger partial charge in [-0.15, -0.1) is 6.58 Å². The molecule has 8 heteroatoms. The van der Waals surface area contributed by atoms with Crippen LogP contribution in [0, 0.1) is 0 Å². The normalized spacial score (nSPS) is 13.2. The van der Waals surface area contributed by atoms with Gasteiger partial charge in [-0.2, -0.15) is 5.10 Å². The molecule has 0 saturated heterocycles. The minimum atomic E-state index is -0.459. The van der Waals surface area contributed by atoms with Gasteiger partial charge in [0.05, 0.1) is 28.4 Å². The number of fused-ring (bicyclic) bond motifs is 1. The van der Waals surface area contributed by atoms with Gasteiger partial charge in [0, 0.05) is 12.6 Å². The molecular formula is C21H25N5O2S. The van der Waals surface area contributed by atoms with E-state index in [-0.39, 0.29) is 17.5 Å². The van der Waals surface area contributed by atoms with Crippen molar-refractivity contribution in [1.29, 1.82) is 0 Å². The second-order valence-electron chi connectivity index (χ2n) is 6.78. The molecule has 0 radical (unpaired) electrons. The van der Waals surface area contributed by atoms with Crippen LogP contribution in [0.15, 0.2) is 59.1 Å². The van der Waals surface area contributed by atoms with Crippen LogP contribution in [-0.4, -0.2) is 30.5 Å². The molecule has 1 amide bonds. The van der Waals surface area contributed by atoms with Crippen molar-refractivity contribution in [2.75, 3.05) is 5.32 Å². The second-order valence-corrected chi connectivity index (χ2v) is 8.09. The van der Waals surface area contributed by atoms with E-state index in [1.165, 1.54) is 11.8 Å². The third kappa shape index (κ3) is 4.42. The van der Waals surface area contributed by atoms with Crippen molar-refractivity contribution in [3.63, 3.8) is 0 Å². The fourth-order valence-corrected chi connectivity index (χ4v) is 3.82. The molecule has 2 atom stereocenters. The quantitative estimate of drug-likeness (QED) is 0.346. The lowest BCUT2D eigenvalue weighted by Crippen LogP contribution is -2.27. The maximum absolute atomic E-state index is 12.8. The highest BCUT2D eigenvalue weighted by Crippen LogP contribution is 2.24. The number of thioether (sulfide) groups is 1. The lowest BCUT2D eigenvalue weighted by molar-refractivity contribution is -0.115. The molecule has 0 bridgehead atoms. The second kappa shape index (κ2) is 9.09. The first kappa shape index (κ1) is 20.9. The van der Waals surface area contributed by atoms with Crippen molar-refractivity contribution in [2.45, 2.75) is 50.2 Å². The van der Waals surface area contributed by atoms with Gasteiger partial charge in [0.15, 0.2) is 5.16 Å². The van der Waals surface area contributed by atoms with E-state index in [1.807, 2.05) is 19.1 Å². The van der Waals surface area contributed by atoms with Crippen LogP contribution >= 0.6 is 11.8 Å². The largest absolute Gasteiger partial charge is 0.310 e. The Morgan fingerprint density at radius 2 is 2.07 bits per heavy atom. The minimum Gasteiger partial charge on any atom is -0.310 e. The van der Waals surface area contributed by atoms with Crippen LogP contribution in [0.5, 0.6) is 0 Å². The molecular weight excluding hydrogens is 386 g/mol. The monoisotopic (exact) mass is 411 g/mol. The molecule has 3 aromatic rings. The minimum absolute atomic E-state index is 0.138. The number of aromatic nitrogens is 4. The van der Waals surface area contributed by atoms with Crippen LogP contribution < -0.4 is 10.9 Å². The number of rotatable bonds is 8. The van der Waals surface area contributed by atoms with Crippen molar-refractivity contribution in [1.82, 2.24) is 19.3 Å². The number of anilines is 1. The highest BCUT2D eigenvalue weighted by molar-refractivity contribution is 8.00. The van der Waals surface area contributed by atoms with Gasteiger partial charge in [0.1, 0.15) is 5.82 Å². The van der Waals surface area contributed by atoms with Crippen molar-refractivity contribution in [2.24, 2.45) is 0 Å². The van der Waals surface area contributed by atoms with Gasteiger partial charge in [-0.1, -0.05) is 36.9 Å². The Bertz CT molecular complexity index is 1090.